The van der Waals surface area contributed by atoms with Gasteiger partial charge in [0.2, 0.25) is 10.0 Å². The Morgan fingerprint density at radius 1 is 1.19 bits per heavy atom. The van der Waals surface area contributed by atoms with E-state index in [9.17, 15) is 8.42 Å². The highest BCUT2D eigenvalue weighted by atomic mass is 35.5. The molecule has 0 fully saturated rings. The van der Waals surface area contributed by atoms with Gasteiger partial charge in [-0.1, -0.05) is 23.2 Å². The third-order valence-electron chi connectivity index (χ3n) is 2.94. The maximum Gasteiger partial charge on any atom is 0.243 e. The molecule has 0 saturated carbocycles. The van der Waals surface area contributed by atoms with Crippen molar-refractivity contribution >= 4 is 50.2 Å². The summed E-state index contributed by atoms with van der Waals surface area (Å²) in [5, 5.41) is 0.0112. The van der Waals surface area contributed by atoms with Crippen LogP contribution in [0, 0.1) is 13.8 Å². The highest BCUT2D eigenvalue weighted by Crippen LogP contribution is 2.32. The quantitative estimate of drug-likeness (QED) is 0.811. The SMILES string of the molecule is Cc1cc(CNS(=O)(=O)c2c(Cl)cc(N)cc2Cl)sc1C. The summed E-state index contributed by atoms with van der Waals surface area (Å²) in [4.78, 5) is 1.94. The zero-order valence-corrected chi connectivity index (χ0v) is 14.6. The molecule has 0 spiro atoms. The number of sulfonamides is 1. The van der Waals surface area contributed by atoms with Crippen molar-refractivity contribution in [2.75, 3.05) is 5.73 Å². The second-order valence-electron chi connectivity index (χ2n) is 4.59. The Labute approximate surface area is 137 Å². The van der Waals surface area contributed by atoms with Crippen molar-refractivity contribution in [2.45, 2.75) is 25.3 Å². The van der Waals surface area contributed by atoms with Gasteiger partial charge in [-0.05, 0) is 37.6 Å². The molecule has 21 heavy (non-hydrogen) atoms. The monoisotopic (exact) mass is 364 g/mol. The molecule has 0 atom stereocenters. The number of aryl methyl sites for hydroxylation is 2. The van der Waals surface area contributed by atoms with Crippen LogP contribution < -0.4 is 10.5 Å². The Balaban J connectivity index is 2.27. The summed E-state index contributed by atoms with van der Waals surface area (Å²) in [5.41, 5.74) is 7.02. The lowest BCUT2D eigenvalue weighted by Crippen LogP contribution is -2.23. The maximum absolute atomic E-state index is 12.3. The molecule has 0 radical (unpaired) electrons. The number of hydrogen-bond donors (Lipinski definition) is 2. The van der Waals surface area contributed by atoms with Gasteiger partial charge in [-0.2, -0.15) is 0 Å². The van der Waals surface area contributed by atoms with Crippen molar-refractivity contribution in [1.82, 2.24) is 4.72 Å². The Hall–Kier alpha value is -0.790. The molecule has 0 amide bonds. The molecule has 3 N–H and O–H groups in total. The standard InChI is InChI=1S/C13H14Cl2N2O2S2/c1-7-3-10(20-8(7)2)6-17-21(18,19)13-11(14)4-9(16)5-12(13)15/h3-5,17H,6,16H2,1-2H3. The normalized spacial score (nSPS) is 11.8. The van der Waals surface area contributed by atoms with E-state index in [1.165, 1.54) is 12.1 Å². The minimum atomic E-state index is -3.80. The number of halogens is 2. The molecule has 0 aliphatic carbocycles. The minimum Gasteiger partial charge on any atom is -0.399 e. The smallest absolute Gasteiger partial charge is 0.243 e. The minimum absolute atomic E-state index is 0.00559. The Morgan fingerprint density at radius 2 is 1.76 bits per heavy atom. The van der Waals surface area contributed by atoms with Gasteiger partial charge in [0, 0.05) is 22.0 Å². The molecule has 0 aliphatic heterocycles. The Morgan fingerprint density at radius 3 is 2.24 bits per heavy atom. The molecule has 1 aromatic heterocycles. The zero-order chi connectivity index (χ0) is 15.8. The highest BCUT2D eigenvalue weighted by molar-refractivity contribution is 7.89. The number of anilines is 1. The summed E-state index contributed by atoms with van der Waals surface area (Å²) in [6.07, 6.45) is 0. The molecule has 8 heteroatoms. The summed E-state index contributed by atoms with van der Waals surface area (Å²) in [5.74, 6) is 0. The van der Waals surface area contributed by atoms with Crippen LogP contribution in [0.4, 0.5) is 5.69 Å². The highest BCUT2D eigenvalue weighted by Gasteiger charge is 2.22. The van der Waals surface area contributed by atoms with E-state index in [1.807, 2.05) is 19.9 Å². The lowest BCUT2D eigenvalue weighted by molar-refractivity contribution is 0.582. The first kappa shape index (κ1) is 16.6. The molecule has 0 unspecified atom stereocenters. The average Bonchev–Trinajstić information content (AvgIpc) is 2.65. The molecule has 0 bridgehead atoms. The van der Waals surface area contributed by atoms with Crippen LogP contribution in [-0.2, 0) is 16.6 Å². The molecule has 1 heterocycles. The number of rotatable bonds is 4. The number of nitrogens with two attached hydrogens (primary N) is 1. The zero-order valence-electron chi connectivity index (χ0n) is 11.4. The van der Waals surface area contributed by atoms with Gasteiger partial charge in [-0.25, -0.2) is 13.1 Å². The third kappa shape index (κ3) is 3.70. The molecule has 2 aromatic rings. The number of nitrogens with one attached hydrogen (secondary N) is 1. The second kappa shape index (κ2) is 6.14. The van der Waals surface area contributed by atoms with Crippen LogP contribution in [-0.4, -0.2) is 8.42 Å². The molecule has 0 saturated heterocycles. The first-order valence-corrected chi connectivity index (χ1v) is 9.06. The van der Waals surface area contributed by atoms with Crippen LogP contribution in [0.25, 0.3) is 0 Å². The molecular formula is C13H14Cl2N2O2S2. The molecule has 1 aromatic carbocycles. The molecule has 0 aliphatic rings. The van der Waals surface area contributed by atoms with Crippen LogP contribution >= 0.6 is 34.5 Å². The van der Waals surface area contributed by atoms with Gasteiger partial charge >= 0.3 is 0 Å². The van der Waals surface area contributed by atoms with E-state index in [4.69, 9.17) is 28.9 Å². The van der Waals surface area contributed by atoms with Crippen molar-refractivity contribution in [3.05, 3.63) is 43.6 Å². The van der Waals surface area contributed by atoms with Gasteiger partial charge in [0.15, 0.2) is 0 Å². The number of benzene rings is 1. The van der Waals surface area contributed by atoms with E-state index < -0.39 is 10.0 Å². The van der Waals surface area contributed by atoms with E-state index in [0.29, 0.717) is 5.69 Å². The lowest BCUT2D eigenvalue weighted by atomic mass is 10.3. The Kier molecular flexibility index (Phi) is 4.85. The van der Waals surface area contributed by atoms with Crippen molar-refractivity contribution < 1.29 is 8.42 Å². The summed E-state index contributed by atoms with van der Waals surface area (Å²) >= 11 is 13.4. The predicted octanol–water partition coefficient (Wildman–Crippen LogP) is 3.73. The number of hydrogen-bond acceptors (Lipinski definition) is 4. The van der Waals surface area contributed by atoms with Crippen LogP contribution in [0.2, 0.25) is 10.0 Å². The van der Waals surface area contributed by atoms with Gasteiger partial charge in [0.05, 0.1) is 10.0 Å². The van der Waals surface area contributed by atoms with E-state index in [1.54, 1.807) is 11.3 Å². The first-order valence-electron chi connectivity index (χ1n) is 6.01. The van der Waals surface area contributed by atoms with Gasteiger partial charge < -0.3 is 5.73 Å². The van der Waals surface area contributed by atoms with E-state index in [-0.39, 0.29) is 21.5 Å². The average molecular weight is 365 g/mol. The predicted molar refractivity (Wildman–Crippen MR) is 88.7 cm³/mol. The van der Waals surface area contributed by atoms with E-state index in [2.05, 4.69) is 4.72 Å². The molecular weight excluding hydrogens is 351 g/mol. The van der Waals surface area contributed by atoms with Crippen molar-refractivity contribution in [2.24, 2.45) is 0 Å². The fraction of sp³-hybridized carbons (Fsp3) is 0.231. The van der Waals surface area contributed by atoms with Crippen LogP contribution in [0.1, 0.15) is 15.3 Å². The van der Waals surface area contributed by atoms with Gasteiger partial charge in [-0.3, -0.25) is 0 Å². The van der Waals surface area contributed by atoms with Gasteiger partial charge in [0.1, 0.15) is 4.90 Å². The number of thiophene rings is 1. The van der Waals surface area contributed by atoms with Crippen molar-refractivity contribution in [3.8, 4) is 0 Å². The topological polar surface area (TPSA) is 72.2 Å². The van der Waals surface area contributed by atoms with Crippen LogP contribution in [0.15, 0.2) is 23.1 Å². The summed E-state index contributed by atoms with van der Waals surface area (Å²) < 4.78 is 27.2. The first-order chi connectivity index (χ1) is 9.70. The van der Waals surface area contributed by atoms with Crippen molar-refractivity contribution in [3.63, 3.8) is 0 Å². The molecule has 2 rings (SSSR count). The fourth-order valence-electron chi connectivity index (χ4n) is 1.81. The largest absolute Gasteiger partial charge is 0.399 e. The molecule has 4 nitrogen and oxygen atoms in total. The summed E-state index contributed by atoms with van der Waals surface area (Å²) in [7, 11) is -3.80. The third-order valence-corrected chi connectivity index (χ3v) is 6.42. The molecule has 114 valence electrons. The van der Waals surface area contributed by atoms with Gasteiger partial charge in [0.25, 0.3) is 0 Å². The Bertz CT molecular complexity index is 743. The summed E-state index contributed by atoms with van der Waals surface area (Å²) in [6.45, 7) is 4.17. The van der Waals surface area contributed by atoms with Crippen molar-refractivity contribution in [1.29, 1.82) is 0 Å². The lowest BCUT2D eigenvalue weighted by Gasteiger charge is -2.10. The summed E-state index contributed by atoms with van der Waals surface area (Å²) in [6, 6.07) is 4.68. The van der Waals surface area contributed by atoms with E-state index in [0.717, 1.165) is 15.3 Å². The van der Waals surface area contributed by atoms with Gasteiger partial charge in [-0.15, -0.1) is 11.3 Å². The van der Waals surface area contributed by atoms with E-state index >= 15 is 0 Å². The second-order valence-corrected chi connectivity index (χ2v) is 8.45. The van der Waals surface area contributed by atoms with Crippen LogP contribution in [0.5, 0.6) is 0 Å². The number of nitrogen functional groups attached to an aromatic ring is 1. The maximum atomic E-state index is 12.3. The van der Waals surface area contributed by atoms with Crippen LogP contribution in [0.3, 0.4) is 0 Å². The fourth-order valence-corrected chi connectivity index (χ4v) is 5.13.